The molecule has 2 rings (SSSR count). The summed E-state index contributed by atoms with van der Waals surface area (Å²) in [5.41, 5.74) is 2.08. The second kappa shape index (κ2) is 5.07. The zero-order valence-electron chi connectivity index (χ0n) is 11.0. The summed E-state index contributed by atoms with van der Waals surface area (Å²) < 4.78 is 13.2. The Morgan fingerprint density at radius 2 is 2.00 bits per heavy atom. The minimum absolute atomic E-state index is 0.158. The van der Waals surface area contributed by atoms with Gasteiger partial charge in [0.25, 0.3) is 0 Å². The molecule has 0 spiro atoms. The first-order valence-electron chi connectivity index (χ1n) is 6.59. The molecular weight excluding hydrogens is 213 g/mol. The minimum atomic E-state index is -0.158. The van der Waals surface area contributed by atoms with Crippen LogP contribution in [0.1, 0.15) is 38.7 Å². The Morgan fingerprint density at radius 3 is 2.76 bits per heavy atom. The normalized spacial score (nSPS) is 29.1. The summed E-state index contributed by atoms with van der Waals surface area (Å²) in [5.74, 6) is 1.29. The van der Waals surface area contributed by atoms with Crippen molar-refractivity contribution in [1.29, 1.82) is 0 Å². The summed E-state index contributed by atoms with van der Waals surface area (Å²) >= 11 is 0. The molecule has 2 heteroatoms. The van der Waals surface area contributed by atoms with Crippen molar-refractivity contribution in [2.75, 3.05) is 5.32 Å². The molecule has 1 aliphatic carbocycles. The molecule has 0 aromatic heterocycles. The van der Waals surface area contributed by atoms with E-state index in [0.717, 1.165) is 17.2 Å². The van der Waals surface area contributed by atoms with Crippen molar-refractivity contribution >= 4 is 5.69 Å². The van der Waals surface area contributed by atoms with Crippen molar-refractivity contribution in [2.24, 2.45) is 11.8 Å². The lowest BCUT2D eigenvalue weighted by atomic mass is 9.80. The lowest BCUT2D eigenvalue weighted by Gasteiger charge is -2.34. The van der Waals surface area contributed by atoms with Crippen LogP contribution < -0.4 is 5.32 Å². The highest BCUT2D eigenvalue weighted by Crippen LogP contribution is 2.31. The van der Waals surface area contributed by atoms with Gasteiger partial charge >= 0.3 is 0 Å². The Morgan fingerprint density at radius 1 is 1.24 bits per heavy atom. The maximum Gasteiger partial charge on any atom is 0.125 e. The quantitative estimate of drug-likeness (QED) is 0.802. The first-order valence-corrected chi connectivity index (χ1v) is 6.59. The fourth-order valence-electron chi connectivity index (χ4n) is 2.68. The van der Waals surface area contributed by atoms with E-state index in [2.05, 4.69) is 19.2 Å². The van der Waals surface area contributed by atoms with Gasteiger partial charge in [-0.05, 0) is 49.3 Å². The number of nitrogens with one attached hydrogen (secondary N) is 1. The number of aryl methyl sites for hydroxylation is 1. The summed E-state index contributed by atoms with van der Waals surface area (Å²) in [6.45, 7) is 6.62. The van der Waals surface area contributed by atoms with Gasteiger partial charge in [0.2, 0.25) is 0 Å². The first kappa shape index (κ1) is 12.4. The molecule has 0 heterocycles. The van der Waals surface area contributed by atoms with Gasteiger partial charge < -0.3 is 5.32 Å². The zero-order chi connectivity index (χ0) is 12.4. The van der Waals surface area contributed by atoms with Crippen LogP contribution in [0.25, 0.3) is 0 Å². The lowest BCUT2D eigenvalue weighted by molar-refractivity contribution is 0.280. The topological polar surface area (TPSA) is 12.0 Å². The second-order valence-electron chi connectivity index (χ2n) is 5.61. The summed E-state index contributed by atoms with van der Waals surface area (Å²) in [4.78, 5) is 0. The van der Waals surface area contributed by atoms with Crippen molar-refractivity contribution in [1.82, 2.24) is 0 Å². The van der Waals surface area contributed by atoms with E-state index >= 15 is 0 Å². The van der Waals surface area contributed by atoms with Gasteiger partial charge in [0, 0.05) is 11.7 Å². The van der Waals surface area contributed by atoms with Crippen LogP contribution in [0.2, 0.25) is 0 Å². The molecule has 0 saturated heterocycles. The van der Waals surface area contributed by atoms with Crippen molar-refractivity contribution in [3.63, 3.8) is 0 Å². The molecule has 0 amide bonds. The molecule has 0 radical (unpaired) electrons. The number of halogens is 1. The number of rotatable bonds is 2. The monoisotopic (exact) mass is 235 g/mol. The molecule has 1 N–H and O–H groups in total. The minimum Gasteiger partial charge on any atom is -0.382 e. The lowest BCUT2D eigenvalue weighted by Crippen LogP contribution is -2.33. The first-order chi connectivity index (χ1) is 8.06. The van der Waals surface area contributed by atoms with E-state index in [9.17, 15) is 4.39 Å². The van der Waals surface area contributed by atoms with Gasteiger partial charge in [-0.15, -0.1) is 0 Å². The molecule has 0 aliphatic heterocycles. The number of hydrogen-bond acceptors (Lipinski definition) is 1. The van der Waals surface area contributed by atoms with E-state index in [1.165, 1.54) is 25.3 Å². The van der Waals surface area contributed by atoms with Crippen molar-refractivity contribution in [3.05, 3.63) is 29.6 Å². The molecule has 94 valence electrons. The van der Waals surface area contributed by atoms with Crippen molar-refractivity contribution in [2.45, 2.75) is 46.1 Å². The molecule has 1 aliphatic rings. The molecule has 3 atom stereocenters. The van der Waals surface area contributed by atoms with Crippen LogP contribution in [-0.4, -0.2) is 6.04 Å². The molecule has 1 saturated carbocycles. The molecular formula is C15H22FN. The zero-order valence-corrected chi connectivity index (χ0v) is 11.0. The average molecular weight is 235 g/mol. The third-order valence-corrected chi connectivity index (χ3v) is 4.00. The third-order valence-electron chi connectivity index (χ3n) is 4.00. The summed E-state index contributed by atoms with van der Waals surface area (Å²) in [7, 11) is 0. The molecule has 1 aromatic rings. The predicted molar refractivity (Wildman–Crippen MR) is 70.7 cm³/mol. The average Bonchev–Trinajstić information content (AvgIpc) is 2.28. The highest BCUT2D eigenvalue weighted by atomic mass is 19.1. The van der Waals surface area contributed by atoms with Crippen molar-refractivity contribution < 1.29 is 4.39 Å². The van der Waals surface area contributed by atoms with Crippen LogP contribution in [0, 0.1) is 24.6 Å². The molecule has 3 unspecified atom stereocenters. The van der Waals surface area contributed by atoms with Gasteiger partial charge in [-0.25, -0.2) is 4.39 Å². The molecule has 17 heavy (non-hydrogen) atoms. The fraction of sp³-hybridized carbons (Fsp3) is 0.600. The fourth-order valence-corrected chi connectivity index (χ4v) is 2.68. The Hall–Kier alpha value is -1.05. The standard InChI is InChI=1S/C15H22FN/c1-10-4-5-11(2)14(8-10)17-15-9-13(16)7-6-12(15)3/h6-7,9-11,14,17H,4-5,8H2,1-3H3. The van der Waals surface area contributed by atoms with Gasteiger partial charge in [-0.2, -0.15) is 0 Å². The van der Waals surface area contributed by atoms with Gasteiger partial charge in [-0.1, -0.05) is 26.3 Å². The van der Waals surface area contributed by atoms with Crippen LogP contribution >= 0.6 is 0 Å². The van der Waals surface area contributed by atoms with Crippen LogP contribution in [0.5, 0.6) is 0 Å². The summed E-state index contributed by atoms with van der Waals surface area (Å²) in [5, 5.41) is 3.53. The Bertz CT molecular complexity index is 389. The van der Waals surface area contributed by atoms with Crippen LogP contribution in [0.15, 0.2) is 18.2 Å². The number of hydrogen-bond donors (Lipinski definition) is 1. The number of benzene rings is 1. The van der Waals surface area contributed by atoms with E-state index in [1.54, 1.807) is 6.07 Å². The smallest absolute Gasteiger partial charge is 0.125 e. The maximum absolute atomic E-state index is 13.2. The van der Waals surface area contributed by atoms with Gasteiger partial charge in [0.1, 0.15) is 5.82 Å². The highest BCUT2D eigenvalue weighted by molar-refractivity contribution is 5.51. The van der Waals surface area contributed by atoms with E-state index in [0.29, 0.717) is 12.0 Å². The number of anilines is 1. The highest BCUT2D eigenvalue weighted by Gasteiger charge is 2.25. The van der Waals surface area contributed by atoms with Crippen LogP contribution in [0.4, 0.5) is 10.1 Å². The van der Waals surface area contributed by atoms with Gasteiger partial charge in [0.05, 0.1) is 0 Å². The third kappa shape index (κ3) is 2.99. The molecule has 0 bridgehead atoms. The molecule has 1 aromatic carbocycles. The van der Waals surface area contributed by atoms with E-state index in [1.807, 2.05) is 13.0 Å². The Labute approximate surface area is 103 Å². The second-order valence-corrected chi connectivity index (χ2v) is 5.61. The van der Waals surface area contributed by atoms with Gasteiger partial charge in [-0.3, -0.25) is 0 Å². The summed E-state index contributed by atoms with van der Waals surface area (Å²) in [6, 6.07) is 5.46. The van der Waals surface area contributed by atoms with Gasteiger partial charge in [0.15, 0.2) is 0 Å². The van der Waals surface area contributed by atoms with Crippen LogP contribution in [-0.2, 0) is 0 Å². The van der Waals surface area contributed by atoms with E-state index < -0.39 is 0 Å². The predicted octanol–water partition coefficient (Wildman–Crippen LogP) is 4.37. The summed E-state index contributed by atoms with van der Waals surface area (Å²) in [6.07, 6.45) is 3.78. The maximum atomic E-state index is 13.2. The van der Waals surface area contributed by atoms with E-state index in [4.69, 9.17) is 0 Å². The molecule has 1 fully saturated rings. The SMILES string of the molecule is Cc1ccc(F)cc1NC1CC(C)CCC1C. The van der Waals surface area contributed by atoms with Crippen LogP contribution in [0.3, 0.4) is 0 Å². The largest absolute Gasteiger partial charge is 0.382 e. The van der Waals surface area contributed by atoms with E-state index in [-0.39, 0.29) is 5.82 Å². The Balaban J connectivity index is 2.11. The molecule has 1 nitrogen and oxygen atoms in total. The van der Waals surface area contributed by atoms with Crippen molar-refractivity contribution in [3.8, 4) is 0 Å². The Kier molecular flexibility index (Phi) is 3.70.